The minimum absolute atomic E-state index is 0.0403. The van der Waals surface area contributed by atoms with Gasteiger partial charge in [-0.1, -0.05) is 50.2 Å². The number of benzene rings is 2. The van der Waals surface area contributed by atoms with Crippen molar-refractivity contribution in [3.8, 4) is 0 Å². The van der Waals surface area contributed by atoms with Crippen LogP contribution in [0.3, 0.4) is 0 Å². The SMILES string of the molecule is CC(C)(CP(=O)(O)c1ccccc1)CP(=O)(O)c1ccccc1. The van der Waals surface area contributed by atoms with Crippen molar-refractivity contribution in [2.75, 3.05) is 12.3 Å². The third-order valence-corrected chi connectivity index (χ3v) is 8.38. The van der Waals surface area contributed by atoms with E-state index in [2.05, 4.69) is 0 Å². The maximum atomic E-state index is 12.6. The first-order valence-corrected chi connectivity index (χ1v) is 11.1. The van der Waals surface area contributed by atoms with Gasteiger partial charge in [0.15, 0.2) is 0 Å². The summed E-state index contributed by atoms with van der Waals surface area (Å²) in [6.45, 7) is 3.51. The van der Waals surface area contributed by atoms with Crippen molar-refractivity contribution >= 4 is 25.3 Å². The van der Waals surface area contributed by atoms with E-state index in [0.717, 1.165) is 0 Å². The molecule has 0 aliphatic rings. The van der Waals surface area contributed by atoms with Crippen molar-refractivity contribution in [2.24, 2.45) is 5.41 Å². The molecule has 0 saturated carbocycles. The molecule has 23 heavy (non-hydrogen) atoms. The molecular weight excluding hydrogens is 330 g/mol. The Morgan fingerprint density at radius 3 is 1.35 bits per heavy atom. The van der Waals surface area contributed by atoms with Gasteiger partial charge < -0.3 is 9.79 Å². The zero-order chi connectivity index (χ0) is 17.1. The second kappa shape index (κ2) is 6.75. The third kappa shape index (κ3) is 4.89. The lowest BCUT2D eigenvalue weighted by molar-refractivity contribution is 0.407. The highest BCUT2D eigenvalue weighted by Crippen LogP contribution is 2.51. The van der Waals surface area contributed by atoms with Crippen LogP contribution in [0.15, 0.2) is 60.7 Å². The molecule has 2 atom stereocenters. The molecule has 0 fully saturated rings. The summed E-state index contributed by atoms with van der Waals surface area (Å²) in [4.78, 5) is 20.7. The number of hydrogen-bond acceptors (Lipinski definition) is 2. The van der Waals surface area contributed by atoms with Crippen LogP contribution in [0, 0.1) is 5.41 Å². The van der Waals surface area contributed by atoms with Crippen molar-refractivity contribution < 1.29 is 18.9 Å². The fourth-order valence-corrected chi connectivity index (χ4v) is 7.08. The van der Waals surface area contributed by atoms with Crippen molar-refractivity contribution in [3.05, 3.63) is 60.7 Å². The zero-order valence-electron chi connectivity index (χ0n) is 13.3. The van der Waals surface area contributed by atoms with Gasteiger partial charge in [0.1, 0.15) is 0 Å². The third-order valence-electron chi connectivity index (χ3n) is 3.60. The second-order valence-corrected chi connectivity index (χ2v) is 11.0. The Morgan fingerprint density at radius 1 is 0.739 bits per heavy atom. The first-order chi connectivity index (χ1) is 10.6. The molecule has 2 N–H and O–H groups in total. The Morgan fingerprint density at radius 2 is 1.04 bits per heavy atom. The highest BCUT2D eigenvalue weighted by atomic mass is 31.2. The molecule has 0 bridgehead atoms. The van der Waals surface area contributed by atoms with Crippen LogP contribution in [0.4, 0.5) is 0 Å². The topological polar surface area (TPSA) is 74.6 Å². The summed E-state index contributed by atoms with van der Waals surface area (Å²) < 4.78 is 25.3. The molecule has 2 aromatic rings. The molecule has 0 aliphatic carbocycles. The van der Waals surface area contributed by atoms with E-state index >= 15 is 0 Å². The van der Waals surface area contributed by atoms with Crippen LogP contribution < -0.4 is 10.6 Å². The molecule has 0 aromatic heterocycles. The molecule has 0 heterocycles. The first-order valence-electron chi connectivity index (χ1n) is 7.37. The van der Waals surface area contributed by atoms with Gasteiger partial charge in [0.25, 0.3) is 0 Å². The standard InChI is InChI=1S/C17H22O4P2/c1-17(2,13-22(18,19)15-9-5-3-6-10-15)14-23(20,21)16-11-7-4-8-12-16/h3-12H,13-14H2,1-2H3,(H,18,19)(H,20,21). The largest absolute Gasteiger partial charge is 0.341 e. The maximum absolute atomic E-state index is 12.6. The minimum Gasteiger partial charge on any atom is -0.341 e. The summed E-state index contributed by atoms with van der Waals surface area (Å²) in [6.07, 6.45) is -0.0806. The van der Waals surface area contributed by atoms with Crippen LogP contribution in [0.25, 0.3) is 0 Å². The first kappa shape index (κ1) is 18.2. The Hall–Kier alpha value is -1.18. The van der Waals surface area contributed by atoms with Crippen LogP contribution in [0.1, 0.15) is 13.8 Å². The molecule has 0 amide bonds. The van der Waals surface area contributed by atoms with Gasteiger partial charge in [-0.3, -0.25) is 9.13 Å². The maximum Gasteiger partial charge on any atom is 0.230 e. The van der Waals surface area contributed by atoms with E-state index in [1.54, 1.807) is 74.5 Å². The van der Waals surface area contributed by atoms with Gasteiger partial charge in [-0.25, -0.2) is 0 Å². The van der Waals surface area contributed by atoms with E-state index in [9.17, 15) is 18.9 Å². The van der Waals surface area contributed by atoms with Gasteiger partial charge in [0, 0.05) is 22.9 Å². The molecule has 0 aliphatic heterocycles. The Balaban J connectivity index is 2.19. The molecule has 6 heteroatoms. The summed E-state index contributed by atoms with van der Waals surface area (Å²) in [5.41, 5.74) is -0.750. The molecule has 4 nitrogen and oxygen atoms in total. The van der Waals surface area contributed by atoms with E-state index in [-0.39, 0.29) is 12.3 Å². The van der Waals surface area contributed by atoms with Crippen LogP contribution in [0.2, 0.25) is 0 Å². The highest BCUT2D eigenvalue weighted by Gasteiger charge is 2.37. The Labute approximate surface area is 137 Å². The van der Waals surface area contributed by atoms with Gasteiger partial charge in [-0.15, -0.1) is 0 Å². The summed E-state index contributed by atoms with van der Waals surface area (Å²) in [5.74, 6) is 0. The van der Waals surface area contributed by atoms with E-state index in [1.807, 2.05) is 0 Å². The van der Waals surface area contributed by atoms with Crippen molar-refractivity contribution in [1.29, 1.82) is 0 Å². The van der Waals surface area contributed by atoms with Gasteiger partial charge in [-0.2, -0.15) is 0 Å². The molecular formula is C17H22O4P2. The molecule has 2 aromatic carbocycles. The lowest BCUT2D eigenvalue weighted by Gasteiger charge is -2.29. The predicted octanol–water partition coefficient (Wildman–Crippen LogP) is 3.20. The lowest BCUT2D eigenvalue weighted by atomic mass is 10.00. The second-order valence-electron chi connectivity index (χ2n) is 6.55. The lowest BCUT2D eigenvalue weighted by Crippen LogP contribution is -2.27. The fraction of sp³-hybridized carbons (Fsp3) is 0.294. The molecule has 124 valence electrons. The van der Waals surface area contributed by atoms with Crippen LogP contribution in [-0.4, -0.2) is 22.1 Å². The monoisotopic (exact) mass is 352 g/mol. The molecule has 0 radical (unpaired) electrons. The normalized spacial score (nSPS) is 17.2. The predicted molar refractivity (Wildman–Crippen MR) is 95.3 cm³/mol. The number of rotatable bonds is 6. The summed E-state index contributed by atoms with van der Waals surface area (Å²) in [5, 5.41) is 0.751. The van der Waals surface area contributed by atoms with Gasteiger partial charge in [0.05, 0.1) is 0 Å². The molecule has 0 saturated heterocycles. The molecule has 0 spiro atoms. The average molecular weight is 352 g/mol. The molecule has 2 rings (SSSR count). The smallest absolute Gasteiger partial charge is 0.230 e. The van der Waals surface area contributed by atoms with E-state index in [1.165, 1.54) is 0 Å². The van der Waals surface area contributed by atoms with Gasteiger partial charge >= 0.3 is 0 Å². The van der Waals surface area contributed by atoms with Crippen LogP contribution in [-0.2, 0) is 9.13 Å². The summed E-state index contributed by atoms with van der Waals surface area (Å²) in [7, 11) is -7.15. The summed E-state index contributed by atoms with van der Waals surface area (Å²) in [6, 6.07) is 16.9. The van der Waals surface area contributed by atoms with E-state index < -0.39 is 20.2 Å². The van der Waals surface area contributed by atoms with Crippen molar-refractivity contribution in [2.45, 2.75) is 13.8 Å². The number of hydrogen-bond donors (Lipinski definition) is 2. The zero-order valence-corrected chi connectivity index (χ0v) is 15.1. The Bertz CT molecular complexity index is 678. The average Bonchev–Trinajstić information content (AvgIpc) is 2.47. The van der Waals surface area contributed by atoms with E-state index in [0.29, 0.717) is 10.6 Å². The highest BCUT2D eigenvalue weighted by molar-refractivity contribution is 7.67. The summed E-state index contributed by atoms with van der Waals surface area (Å²) >= 11 is 0. The van der Waals surface area contributed by atoms with Crippen LogP contribution in [0.5, 0.6) is 0 Å². The Kier molecular flexibility index (Phi) is 5.33. The fourth-order valence-electron chi connectivity index (χ4n) is 2.71. The van der Waals surface area contributed by atoms with Crippen molar-refractivity contribution in [1.82, 2.24) is 0 Å². The van der Waals surface area contributed by atoms with Crippen molar-refractivity contribution in [3.63, 3.8) is 0 Å². The van der Waals surface area contributed by atoms with Gasteiger partial charge in [-0.05, 0) is 29.7 Å². The van der Waals surface area contributed by atoms with E-state index in [4.69, 9.17) is 0 Å². The van der Waals surface area contributed by atoms with Gasteiger partial charge in [0.2, 0.25) is 14.7 Å². The quantitative estimate of drug-likeness (QED) is 0.783. The minimum atomic E-state index is -3.58. The van der Waals surface area contributed by atoms with Crippen LogP contribution >= 0.6 is 14.7 Å². The molecule has 2 unspecified atom stereocenters.